The molecule has 2 aromatic heterocycles. The summed E-state index contributed by atoms with van der Waals surface area (Å²) in [5.41, 5.74) is 8.05. The molecular weight excluding hydrogens is 560 g/mol. The number of aromatic hydroxyl groups is 1. The third-order valence-corrected chi connectivity index (χ3v) is 7.90. The van der Waals surface area contributed by atoms with Gasteiger partial charge in [-0.25, -0.2) is 9.67 Å². The van der Waals surface area contributed by atoms with E-state index in [9.17, 15) is 32.3 Å². The third-order valence-electron chi connectivity index (χ3n) is 7.90. The summed E-state index contributed by atoms with van der Waals surface area (Å²) >= 11 is 0. The van der Waals surface area contributed by atoms with Crippen LogP contribution in [0.3, 0.4) is 0 Å². The fourth-order valence-electron chi connectivity index (χ4n) is 5.74. The van der Waals surface area contributed by atoms with Crippen LogP contribution in [-0.2, 0) is 17.6 Å². The molecule has 10 nitrogen and oxygen atoms in total. The van der Waals surface area contributed by atoms with Crippen LogP contribution in [-0.4, -0.2) is 67.5 Å². The molecule has 2 aliphatic heterocycles. The fraction of sp³-hybridized carbons (Fsp3) is 0.357. The Labute approximate surface area is 237 Å². The summed E-state index contributed by atoms with van der Waals surface area (Å²) in [4.78, 5) is 32.7. The number of nitrogen functional groups attached to an aromatic ring is 1. The lowest BCUT2D eigenvalue weighted by Crippen LogP contribution is -2.46. The van der Waals surface area contributed by atoms with E-state index in [-0.39, 0.29) is 37.7 Å². The molecule has 3 aromatic rings. The summed E-state index contributed by atoms with van der Waals surface area (Å²) in [5.74, 6) is -3.64. The molecule has 6 rings (SSSR count). The average Bonchev–Trinajstić information content (AvgIpc) is 3.76. The van der Waals surface area contributed by atoms with Gasteiger partial charge in [-0.1, -0.05) is 12.6 Å². The fourth-order valence-corrected chi connectivity index (χ4v) is 5.74. The summed E-state index contributed by atoms with van der Waals surface area (Å²) in [6, 6.07) is 4.76. The molecule has 3 aliphatic rings. The van der Waals surface area contributed by atoms with Crippen molar-refractivity contribution in [2.75, 3.05) is 25.4 Å². The monoisotopic (exact) mass is 586 g/mol. The minimum absolute atomic E-state index is 0.0555. The molecule has 0 spiro atoms. The molecule has 1 fully saturated rings. The maximum atomic E-state index is 14.7. The Morgan fingerprint density at radius 2 is 1.95 bits per heavy atom. The van der Waals surface area contributed by atoms with Crippen LogP contribution in [0.4, 0.5) is 23.2 Å². The number of nitrogens with two attached hydrogens (primary N) is 1. The van der Waals surface area contributed by atoms with Crippen molar-refractivity contribution in [3.05, 3.63) is 70.9 Å². The molecule has 4 heterocycles. The van der Waals surface area contributed by atoms with Crippen molar-refractivity contribution in [2.24, 2.45) is 0 Å². The van der Waals surface area contributed by atoms with Crippen LogP contribution in [0.5, 0.6) is 11.6 Å². The molecule has 1 aliphatic carbocycles. The van der Waals surface area contributed by atoms with Crippen molar-refractivity contribution < 1.29 is 37.0 Å². The Morgan fingerprint density at radius 1 is 1.19 bits per heavy atom. The molecule has 0 saturated heterocycles. The molecule has 0 unspecified atom stereocenters. The SMILES string of the molecule is C=CC(=O)N1CCc2nn(-c3ccc(C4CC4)cc3O)c3c2[C@H](C1)N(C(=O)c1cnc(OC(F)(F)F)c(F)c1N)CC3. The summed E-state index contributed by atoms with van der Waals surface area (Å²) in [6.07, 6.45) is -0.508. The molecular formula is C28H26F4N6O4. The highest BCUT2D eigenvalue weighted by Crippen LogP contribution is 2.43. The lowest BCUT2D eigenvalue weighted by Gasteiger charge is -2.38. The van der Waals surface area contributed by atoms with Gasteiger partial charge in [0.2, 0.25) is 11.7 Å². The van der Waals surface area contributed by atoms with Gasteiger partial charge in [-0.3, -0.25) is 9.59 Å². The van der Waals surface area contributed by atoms with Gasteiger partial charge in [-0.05, 0) is 42.5 Å². The van der Waals surface area contributed by atoms with Gasteiger partial charge in [0.1, 0.15) is 11.4 Å². The zero-order valence-electron chi connectivity index (χ0n) is 22.2. The molecule has 14 heteroatoms. The largest absolute Gasteiger partial charge is 0.574 e. The number of carbonyl (C=O) groups excluding carboxylic acids is 2. The van der Waals surface area contributed by atoms with E-state index in [4.69, 9.17) is 10.8 Å². The first-order valence-electron chi connectivity index (χ1n) is 13.3. The predicted molar refractivity (Wildman–Crippen MR) is 140 cm³/mol. The number of anilines is 1. The smallest absolute Gasteiger partial charge is 0.506 e. The molecule has 42 heavy (non-hydrogen) atoms. The number of phenols is 1. The number of pyridine rings is 1. The molecule has 1 aromatic carbocycles. The Morgan fingerprint density at radius 3 is 2.62 bits per heavy atom. The number of benzene rings is 1. The summed E-state index contributed by atoms with van der Waals surface area (Å²) in [6.45, 7) is 3.97. The van der Waals surface area contributed by atoms with Crippen molar-refractivity contribution in [1.82, 2.24) is 24.6 Å². The van der Waals surface area contributed by atoms with E-state index >= 15 is 0 Å². The summed E-state index contributed by atoms with van der Waals surface area (Å²) < 4.78 is 57.9. The average molecular weight is 587 g/mol. The number of phenolic OH excluding ortho intramolecular Hbond substituents is 1. The first kappa shape index (κ1) is 27.5. The van der Waals surface area contributed by atoms with Crippen molar-refractivity contribution in [3.63, 3.8) is 0 Å². The van der Waals surface area contributed by atoms with Crippen LogP contribution < -0.4 is 10.5 Å². The molecule has 2 amide bonds. The van der Waals surface area contributed by atoms with Crippen LogP contribution in [0.2, 0.25) is 0 Å². The van der Waals surface area contributed by atoms with E-state index in [2.05, 4.69) is 16.3 Å². The lowest BCUT2D eigenvalue weighted by atomic mass is 9.94. The van der Waals surface area contributed by atoms with Crippen molar-refractivity contribution in [1.29, 1.82) is 0 Å². The van der Waals surface area contributed by atoms with Gasteiger partial charge < -0.3 is 25.4 Å². The van der Waals surface area contributed by atoms with E-state index in [0.717, 1.165) is 36.4 Å². The van der Waals surface area contributed by atoms with Gasteiger partial charge in [0.05, 0.1) is 28.7 Å². The van der Waals surface area contributed by atoms with E-state index in [1.165, 1.54) is 9.80 Å². The molecule has 0 radical (unpaired) electrons. The Kier molecular flexibility index (Phi) is 6.58. The van der Waals surface area contributed by atoms with Gasteiger partial charge in [-0.2, -0.15) is 9.49 Å². The van der Waals surface area contributed by atoms with Crippen molar-refractivity contribution >= 4 is 17.5 Å². The van der Waals surface area contributed by atoms with Gasteiger partial charge in [0, 0.05) is 44.2 Å². The first-order chi connectivity index (χ1) is 20.0. The van der Waals surface area contributed by atoms with Gasteiger partial charge in [-0.15, -0.1) is 13.2 Å². The number of alkyl halides is 3. The zero-order valence-corrected chi connectivity index (χ0v) is 22.2. The van der Waals surface area contributed by atoms with Crippen molar-refractivity contribution in [2.45, 2.75) is 44.0 Å². The molecule has 1 atom stereocenters. The normalized spacial score (nSPS) is 18.3. The maximum absolute atomic E-state index is 14.7. The number of hydrogen-bond acceptors (Lipinski definition) is 7. The maximum Gasteiger partial charge on any atom is 0.574 e. The minimum Gasteiger partial charge on any atom is -0.506 e. The van der Waals surface area contributed by atoms with Gasteiger partial charge >= 0.3 is 6.36 Å². The Hall–Kier alpha value is -4.62. The predicted octanol–water partition coefficient (Wildman–Crippen LogP) is 3.78. The highest BCUT2D eigenvalue weighted by atomic mass is 19.4. The highest BCUT2D eigenvalue weighted by Gasteiger charge is 2.41. The number of carbonyl (C=O) groups is 2. The second kappa shape index (κ2) is 10.0. The molecule has 1 saturated carbocycles. The van der Waals surface area contributed by atoms with E-state index in [1.807, 2.05) is 12.1 Å². The quantitative estimate of drug-likeness (QED) is 0.344. The molecule has 220 valence electrons. The summed E-state index contributed by atoms with van der Waals surface area (Å²) in [5, 5.41) is 15.7. The van der Waals surface area contributed by atoms with Crippen LogP contribution in [0.15, 0.2) is 37.1 Å². The minimum atomic E-state index is -5.21. The summed E-state index contributed by atoms with van der Waals surface area (Å²) in [7, 11) is 0. The number of amides is 2. The second-order valence-corrected chi connectivity index (χ2v) is 10.5. The zero-order chi connectivity index (χ0) is 29.9. The van der Waals surface area contributed by atoms with E-state index in [1.54, 1.807) is 10.7 Å². The lowest BCUT2D eigenvalue weighted by molar-refractivity contribution is -0.277. The van der Waals surface area contributed by atoms with Crippen LogP contribution in [0.25, 0.3) is 5.69 Å². The number of ether oxygens (including phenoxy) is 1. The number of hydrogen-bond donors (Lipinski definition) is 2. The number of halogens is 4. The number of nitrogens with zero attached hydrogens (tertiary/aromatic N) is 5. The molecule has 3 N–H and O–H groups in total. The molecule has 0 bridgehead atoms. The third kappa shape index (κ3) is 4.80. The van der Waals surface area contributed by atoms with Crippen LogP contribution in [0.1, 0.15) is 57.7 Å². The highest BCUT2D eigenvalue weighted by molar-refractivity contribution is 5.99. The van der Waals surface area contributed by atoms with E-state index < -0.39 is 41.3 Å². The number of aromatic nitrogens is 3. The van der Waals surface area contributed by atoms with Crippen LogP contribution >= 0.6 is 0 Å². The van der Waals surface area contributed by atoms with Gasteiger partial charge in [0.25, 0.3) is 11.8 Å². The topological polar surface area (TPSA) is 127 Å². The van der Waals surface area contributed by atoms with Crippen LogP contribution in [0, 0.1) is 5.82 Å². The first-order valence-corrected chi connectivity index (χ1v) is 13.3. The standard InChI is InChI=1S/C28H26F4N6O4/c1-2-22(40)36-9-7-17-23-19(38(35-17)18-6-5-15(11-21(18)39)14-3-4-14)8-10-37(20(23)13-36)27(41)16-12-34-26(24(29)25(16)33)42-28(30,31)32/h2,5-6,11-12,14,20,39H,1,3-4,7-10,13H2,(H2,33,34)/t20-/m0/s1. The van der Waals surface area contributed by atoms with Gasteiger partial charge in [0.15, 0.2) is 0 Å². The Balaban J connectivity index is 1.40. The Bertz CT molecular complexity index is 1620. The van der Waals surface area contributed by atoms with Crippen molar-refractivity contribution in [3.8, 4) is 17.3 Å². The number of rotatable bonds is 5. The van der Waals surface area contributed by atoms with E-state index in [0.29, 0.717) is 29.3 Å². The second-order valence-electron chi connectivity index (χ2n) is 10.5.